The minimum atomic E-state index is 0.496. The lowest BCUT2D eigenvalue weighted by molar-refractivity contribution is 0.280. The highest BCUT2D eigenvalue weighted by atomic mass is 16.5. The molecule has 0 aromatic carbocycles. The molecule has 0 spiro atoms. The molecule has 1 fully saturated rings. The standard InChI is InChI=1S/C12H21N3O/c1-9-4-6-10(7-5-9)12-14-11(15-16-12)3-2-8-13/h9-10H,2-8,13H2,1H3. The molecule has 0 atom stereocenters. The minimum absolute atomic E-state index is 0.496. The first kappa shape index (κ1) is 11.6. The van der Waals surface area contributed by atoms with Gasteiger partial charge in [0.25, 0.3) is 0 Å². The van der Waals surface area contributed by atoms with Crippen LogP contribution in [-0.2, 0) is 6.42 Å². The second kappa shape index (κ2) is 5.43. The van der Waals surface area contributed by atoms with Crippen LogP contribution in [0, 0.1) is 5.92 Å². The second-order valence-electron chi connectivity index (χ2n) is 4.90. The summed E-state index contributed by atoms with van der Waals surface area (Å²) in [7, 11) is 0. The topological polar surface area (TPSA) is 64.9 Å². The van der Waals surface area contributed by atoms with Crippen LogP contribution in [0.5, 0.6) is 0 Å². The molecule has 0 aliphatic heterocycles. The van der Waals surface area contributed by atoms with E-state index in [1.807, 2.05) is 0 Å². The molecule has 0 saturated heterocycles. The van der Waals surface area contributed by atoms with Crippen molar-refractivity contribution in [2.45, 2.75) is 51.4 Å². The third-order valence-electron chi connectivity index (χ3n) is 3.45. The Bertz CT molecular complexity index is 316. The van der Waals surface area contributed by atoms with Crippen molar-refractivity contribution >= 4 is 0 Å². The average molecular weight is 223 g/mol. The molecule has 4 heteroatoms. The quantitative estimate of drug-likeness (QED) is 0.850. The monoisotopic (exact) mass is 223 g/mol. The van der Waals surface area contributed by atoms with Crippen molar-refractivity contribution in [3.05, 3.63) is 11.7 Å². The van der Waals surface area contributed by atoms with Crippen LogP contribution in [0.2, 0.25) is 0 Å². The van der Waals surface area contributed by atoms with Gasteiger partial charge in [-0.15, -0.1) is 0 Å². The third-order valence-corrected chi connectivity index (χ3v) is 3.45. The van der Waals surface area contributed by atoms with Crippen LogP contribution in [0.3, 0.4) is 0 Å². The summed E-state index contributed by atoms with van der Waals surface area (Å²) in [5.41, 5.74) is 5.46. The lowest BCUT2D eigenvalue weighted by Crippen LogP contribution is -2.11. The van der Waals surface area contributed by atoms with E-state index in [0.29, 0.717) is 12.5 Å². The summed E-state index contributed by atoms with van der Waals surface area (Å²) in [6.45, 7) is 3.00. The molecule has 90 valence electrons. The summed E-state index contributed by atoms with van der Waals surface area (Å²) in [5.74, 6) is 3.02. The first-order valence-corrected chi connectivity index (χ1v) is 6.32. The van der Waals surface area contributed by atoms with Crippen molar-refractivity contribution in [2.75, 3.05) is 6.54 Å². The van der Waals surface area contributed by atoms with Crippen LogP contribution < -0.4 is 5.73 Å². The Morgan fingerprint density at radius 1 is 1.31 bits per heavy atom. The Morgan fingerprint density at radius 3 is 2.75 bits per heavy atom. The van der Waals surface area contributed by atoms with Gasteiger partial charge in [-0.3, -0.25) is 0 Å². The van der Waals surface area contributed by atoms with E-state index in [1.165, 1.54) is 25.7 Å². The summed E-state index contributed by atoms with van der Waals surface area (Å²) in [6, 6.07) is 0. The Labute approximate surface area is 96.6 Å². The summed E-state index contributed by atoms with van der Waals surface area (Å²) >= 11 is 0. The van der Waals surface area contributed by atoms with E-state index in [4.69, 9.17) is 10.3 Å². The fourth-order valence-electron chi connectivity index (χ4n) is 2.30. The fourth-order valence-corrected chi connectivity index (χ4v) is 2.30. The van der Waals surface area contributed by atoms with E-state index >= 15 is 0 Å². The van der Waals surface area contributed by atoms with Crippen molar-refractivity contribution in [1.82, 2.24) is 10.1 Å². The first-order valence-electron chi connectivity index (χ1n) is 6.32. The zero-order chi connectivity index (χ0) is 11.4. The molecule has 0 amide bonds. The van der Waals surface area contributed by atoms with Crippen molar-refractivity contribution < 1.29 is 4.52 Å². The zero-order valence-electron chi connectivity index (χ0n) is 9.98. The molecule has 16 heavy (non-hydrogen) atoms. The molecular weight excluding hydrogens is 202 g/mol. The maximum absolute atomic E-state index is 5.46. The van der Waals surface area contributed by atoms with Gasteiger partial charge in [-0.2, -0.15) is 4.98 Å². The summed E-state index contributed by atoms with van der Waals surface area (Å²) < 4.78 is 5.33. The van der Waals surface area contributed by atoms with E-state index in [-0.39, 0.29) is 0 Å². The van der Waals surface area contributed by atoms with Crippen molar-refractivity contribution in [2.24, 2.45) is 11.7 Å². The SMILES string of the molecule is CC1CCC(c2nc(CCCN)no2)CC1. The Kier molecular flexibility index (Phi) is 3.93. The average Bonchev–Trinajstić information content (AvgIpc) is 2.76. The van der Waals surface area contributed by atoms with Gasteiger partial charge in [0, 0.05) is 12.3 Å². The van der Waals surface area contributed by atoms with Gasteiger partial charge < -0.3 is 10.3 Å². The molecule has 1 aliphatic rings. The number of rotatable bonds is 4. The van der Waals surface area contributed by atoms with E-state index in [9.17, 15) is 0 Å². The van der Waals surface area contributed by atoms with Crippen LogP contribution >= 0.6 is 0 Å². The van der Waals surface area contributed by atoms with Crippen molar-refractivity contribution in [3.8, 4) is 0 Å². The Hall–Kier alpha value is -0.900. The van der Waals surface area contributed by atoms with Gasteiger partial charge in [0.2, 0.25) is 5.89 Å². The summed E-state index contributed by atoms with van der Waals surface area (Å²) in [4.78, 5) is 4.46. The predicted octanol–water partition coefficient (Wildman–Crippen LogP) is 2.25. The molecule has 0 unspecified atom stereocenters. The third kappa shape index (κ3) is 2.82. The van der Waals surface area contributed by atoms with Gasteiger partial charge in [0.1, 0.15) is 0 Å². The first-order chi connectivity index (χ1) is 7.79. The molecular formula is C12H21N3O. The van der Waals surface area contributed by atoms with Crippen molar-refractivity contribution in [3.63, 3.8) is 0 Å². The highest BCUT2D eigenvalue weighted by molar-refractivity contribution is 4.96. The second-order valence-corrected chi connectivity index (χ2v) is 4.90. The molecule has 2 N–H and O–H groups in total. The van der Waals surface area contributed by atoms with Gasteiger partial charge in [-0.1, -0.05) is 12.1 Å². The maximum atomic E-state index is 5.46. The lowest BCUT2D eigenvalue weighted by atomic mass is 9.83. The predicted molar refractivity (Wildman–Crippen MR) is 62.0 cm³/mol. The van der Waals surface area contributed by atoms with Gasteiger partial charge in [-0.05, 0) is 44.6 Å². The van der Waals surface area contributed by atoms with Gasteiger partial charge >= 0.3 is 0 Å². The molecule has 1 aromatic rings. The van der Waals surface area contributed by atoms with Crippen molar-refractivity contribution in [1.29, 1.82) is 0 Å². The van der Waals surface area contributed by atoms with Crippen LogP contribution in [0.15, 0.2) is 4.52 Å². The molecule has 1 aromatic heterocycles. The highest BCUT2D eigenvalue weighted by Crippen LogP contribution is 2.34. The highest BCUT2D eigenvalue weighted by Gasteiger charge is 2.24. The number of nitrogens with zero attached hydrogens (tertiary/aromatic N) is 2. The van der Waals surface area contributed by atoms with Gasteiger partial charge in [0.15, 0.2) is 5.82 Å². The van der Waals surface area contributed by atoms with E-state index < -0.39 is 0 Å². The van der Waals surface area contributed by atoms with E-state index in [0.717, 1.165) is 30.5 Å². The molecule has 2 rings (SSSR count). The number of aromatic nitrogens is 2. The van der Waals surface area contributed by atoms with E-state index in [1.54, 1.807) is 0 Å². The van der Waals surface area contributed by atoms with Crippen LogP contribution in [-0.4, -0.2) is 16.7 Å². The number of hydrogen-bond donors (Lipinski definition) is 1. The molecule has 1 saturated carbocycles. The summed E-state index contributed by atoms with van der Waals surface area (Å²) in [6.07, 6.45) is 6.72. The van der Waals surface area contributed by atoms with E-state index in [2.05, 4.69) is 17.1 Å². The van der Waals surface area contributed by atoms with Crippen LogP contribution in [0.4, 0.5) is 0 Å². The number of aryl methyl sites for hydroxylation is 1. The molecule has 0 bridgehead atoms. The summed E-state index contributed by atoms with van der Waals surface area (Å²) in [5, 5.41) is 4.01. The number of nitrogens with two attached hydrogens (primary N) is 1. The molecule has 4 nitrogen and oxygen atoms in total. The fraction of sp³-hybridized carbons (Fsp3) is 0.833. The zero-order valence-corrected chi connectivity index (χ0v) is 9.98. The smallest absolute Gasteiger partial charge is 0.229 e. The molecule has 0 radical (unpaired) electrons. The van der Waals surface area contributed by atoms with Crippen LogP contribution in [0.1, 0.15) is 56.7 Å². The number of hydrogen-bond acceptors (Lipinski definition) is 4. The minimum Gasteiger partial charge on any atom is -0.339 e. The Morgan fingerprint density at radius 2 is 2.06 bits per heavy atom. The van der Waals surface area contributed by atoms with Crippen LogP contribution in [0.25, 0.3) is 0 Å². The van der Waals surface area contributed by atoms with Gasteiger partial charge in [0.05, 0.1) is 0 Å². The normalized spacial score (nSPS) is 25.9. The Balaban J connectivity index is 1.91. The van der Waals surface area contributed by atoms with Gasteiger partial charge in [-0.25, -0.2) is 0 Å². The largest absolute Gasteiger partial charge is 0.339 e. The lowest BCUT2D eigenvalue weighted by Gasteiger charge is -2.23. The molecule has 1 aliphatic carbocycles. The maximum Gasteiger partial charge on any atom is 0.229 e. The molecule has 1 heterocycles.